The van der Waals surface area contributed by atoms with Gasteiger partial charge in [0.1, 0.15) is 0 Å². The molecule has 6 nitrogen and oxygen atoms in total. The maximum Gasteiger partial charge on any atom is 0.337 e. The summed E-state index contributed by atoms with van der Waals surface area (Å²) in [6.45, 7) is 2.06. The highest BCUT2D eigenvalue weighted by Gasteiger charge is 2.45. The SMILES string of the molecule is COC(=O)c1ccc([C@H]2C3=C(C[C@H](c4ccc(C)cc4)CC3=O)Nc3ccccc3N2C(=O)C2CC2)cc1. The van der Waals surface area contributed by atoms with Crippen LogP contribution in [0.2, 0.25) is 0 Å². The topological polar surface area (TPSA) is 75.7 Å². The minimum Gasteiger partial charge on any atom is -0.465 e. The molecule has 0 bridgehead atoms. The summed E-state index contributed by atoms with van der Waals surface area (Å²) in [6.07, 6.45) is 2.76. The molecule has 6 rings (SSSR count). The lowest BCUT2D eigenvalue weighted by molar-refractivity contribution is -0.120. The number of Topliss-reactive ketones (excluding diaryl/α,β-unsaturated/α-hetero) is 1. The van der Waals surface area contributed by atoms with Gasteiger partial charge in [-0.25, -0.2) is 4.79 Å². The molecular formula is C32H30N2O4. The van der Waals surface area contributed by atoms with Crippen LogP contribution in [-0.4, -0.2) is 24.8 Å². The van der Waals surface area contributed by atoms with Crippen LogP contribution in [0.25, 0.3) is 0 Å². The molecule has 2 aliphatic carbocycles. The Bertz CT molecular complexity index is 1450. The Balaban J connectivity index is 1.51. The number of nitrogens with one attached hydrogen (secondary N) is 1. The van der Waals surface area contributed by atoms with E-state index in [-0.39, 0.29) is 23.5 Å². The maximum absolute atomic E-state index is 14.0. The van der Waals surface area contributed by atoms with Crippen molar-refractivity contribution in [3.05, 3.63) is 106 Å². The number of anilines is 2. The van der Waals surface area contributed by atoms with Gasteiger partial charge in [-0.3, -0.25) is 14.5 Å². The van der Waals surface area contributed by atoms with Gasteiger partial charge < -0.3 is 10.1 Å². The number of aryl methyl sites for hydroxylation is 1. The van der Waals surface area contributed by atoms with Crippen LogP contribution in [0.1, 0.15) is 64.7 Å². The smallest absolute Gasteiger partial charge is 0.337 e. The normalized spacial score (nSPS) is 20.7. The van der Waals surface area contributed by atoms with Crippen molar-refractivity contribution in [2.75, 3.05) is 17.3 Å². The second kappa shape index (κ2) is 9.60. The van der Waals surface area contributed by atoms with Crippen LogP contribution in [0.4, 0.5) is 11.4 Å². The van der Waals surface area contributed by atoms with Crippen LogP contribution in [-0.2, 0) is 14.3 Å². The monoisotopic (exact) mass is 506 g/mol. The van der Waals surface area contributed by atoms with Gasteiger partial charge in [0, 0.05) is 23.6 Å². The van der Waals surface area contributed by atoms with Gasteiger partial charge in [0.2, 0.25) is 5.91 Å². The maximum atomic E-state index is 14.0. The van der Waals surface area contributed by atoms with Crippen LogP contribution in [0.15, 0.2) is 84.1 Å². The molecule has 3 aromatic rings. The number of carbonyl (C=O) groups excluding carboxylic acids is 3. The van der Waals surface area contributed by atoms with Gasteiger partial charge in [0.15, 0.2) is 5.78 Å². The molecule has 192 valence electrons. The van der Waals surface area contributed by atoms with E-state index in [9.17, 15) is 14.4 Å². The molecule has 1 saturated carbocycles. The molecule has 6 heteroatoms. The fourth-order valence-corrected chi connectivity index (χ4v) is 5.67. The van der Waals surface area contributed by atoms with Crippen molar-refractivity contribution in [1.82, 2.24) is 0 Å². The van der Waals surface area contributed by atoms with E-state index in [0.29, 0.717) is 24.0 Å². The van der Waals surface area contributed by atoms with Gasteiger partial charge in [-0.05, 0) is 67.5 Å². The Kier molecular flexibility index (Phi) is 6.10. The summed E-state index contributed by atoms with van der Waals surface area (Å²) in [5.41, 5.74) is 6.60. The van der Waals surface area contributed by atoms with E-state index in [4.69, 9.17) is 4.74 Å². The van der Waals surface area contributed by atoms with Crippen molar-refractivity contribution in [2.24, 2.45) is 5.92 Å². The number of allylic oxidation sites excluding steroid dienone is 1. The number of ether oxygens (including phenoxy) is 1. The highest BCUT2D eigenvalue weighted by atomic mass is 16.5. The summed E-state index contributed by atoms with van der Waals surface area (Å²) < 4.78 is 4.87. The Hall–Kier alpha value is -4.19. The van der Waals surface area contributed by atoms with Crippen LogP contribution >= 0.6 is 0 Å². The molecular weight excluding hydrogens is 476 g/mol. The number of esters is 1. The highest BCUT2D eigenvalue weighted by molar-refractivity contribution is 6.07. The van der Waals surface area contributed by atoms with E-state index in [1.807, 2.05) is 41.3 Å². The number of benzene rings is 3. The highest BCUT2D eigenvalue weighted by Crippen LogP contribution is 2.49. The summed E-state index contributed by atoms with van der Waals surface area (Å²) in [5, 5.41) is 3.58. The quantitative estimate of drug-likeness (QED) is 0.433. The number of fused-ring (bicyclic) bond motifs is 1. The first-order chi connectivity index (χ1) is 18.4. The third-order valence-electron chi connectivity index (χ3n) is 7.85. The van der Waals surface area contributed by atoms with Gasteiger partial charge in [0.25, 0.3) is 0 Å². The predicted octanol–water partition coefficient (Wildman–Crippen LogP) is 6.09. The molecule has 1 amide bonds. The summed E-state index contributed by atoms with van der Waals surface area (Å²) in [4.78, 5) is 41.8. The zero-order chi connectivity index (χ0) is 26.4. The third kappa shape index (κ3) is 4.30. The molecule has 38 heavy (non-hydrogen) atoms. The molecule has 1 N–H and O–H groups in total. The minimum atomic E-state index is -0.590. The van der Waals surface area contributed by atoms with Crippen molar-refractivity contribution in [2.45, 2.75) is 44.6 Å². The molecule has 1 aliphatic heterocycles. The van der Waals surface area contributed by atoms with Gasteiger partial charge in [-0.1, -0.05) is 54.1 Å². The van der Waals surface area contributed by atoms with Crippen LogP contribution in [0.5, 0.6) is 0 Å². The number of hydrogen-bond donors (Lipinski definition) is 1. The number of amides is 1. The fraction of sp³-hybridized carbons (Fsp3) is 0.281. The van der Waals surface area contributed by atoms with Crippen LogP contribution < -0.4 is 10.2 Å². The Morgan fingerprint density at radius 3 is 2.26 bits per heavy atom. The van der Waals surface area contributed by atoms with Gasteiger partial charge in [-0.2, -0.15) is 0 Å². The van der Waals surface area contributed by atoms with Gasteiger partial charge in [0.05, 0.1) is 30.1 Å². The molecule has 2 atom stereocenters. The summed E-state index contributed by atoms with van der Waals surface area (Å²) in [5.74, 6) is -0.350. The molecule has 0 saturated heterocycles. The molecule has 1 heterocycles. The number of carbonyl (C=O) groups is 3. The Morgan fingerprint density at radius 2 is 1.58 bits per heavy atom. The van der Waals surface area contributed by atoms with E-state index in [2.05, 4.69) is 36.5 Å². The number of methoxy groups -OCH3 is 1. The van der Waals surface area contributed by atoms with Crippen molar-refractivity contribution >= 4 is 29.0 Å². The lowest BCUT2D eigenvalue weighted by Gasteiger charge is -2.35. The van der Waals surface area contributed by atoms with Crippen molar-refractivity contribution in [3.63, 3.8) is 0 Å². The second-order valence-corrected chi connectivity index (χ2v) is 10.5. The number of rotatable bonds is 4. The molecule has 0 aromatic heterocycles. The third-order valence-corrected chi connectivity index (χ3v) is 7.85. The van der Waals surface area contributed by atoms with E-state index in [1.54, 1.807) is 12.1 Å². The molecule has 3 aromatic carbocycles. The largest absolute Gasteiger partial charge is 0.465 e. The second-order valence-electron chi connectivity index (χ2n) is 10.5. The number of hydrogen-bond acceptors (Lipinski definition) is 5. The molecule has 0 unspecified atom stereocenters. The number of para-hydroxylation sites is 2. The van der Waals surface area contributed by atoms with Crippen molar-refractivity contribution in [1.29, 1.82) is 0 Å². The lowest BCUT2D eigenvalue weighted by atomic mass is 9.78. The first-order valence-electron chi connectivity index (χ1n) is 13.1. The first-order valence-corrected chi connectivity index (χ1v) is 13.1. The van der Waals surface area contributed by atoms with Crippen LogP contribution in [0, 0.1) is 12.8 Å². The Morgan fingerprint density at radius 1 is 0.895 bits per heavy atom. The average molecular weight is 507 g/mol. The predicted molar refractivity (Wildman–Crippen MR) is 146 cm³/mol. The molecule has 3 aliphatic rings. The molecule has 1 fully saturated rings. The summed E-state index contributed by atoms with van der Waals surface area (Å²) in [6, 6.07) is 22.6. The summed E-state index contributed by atoms with van der Waals surface area (Å²) in [7, 11) is 1.35. The first kappa shape index (κ1) is 24.2. The summed E-state index contributed by atoms with van der Waals surface area (Å²) >= 11 is 0. The number of nitrogens with zero attached hydrogens (tertiary/aromatic N) is 1. The Labute approximate surface area is 222 Å². The van der Waals surface area contributed by atoms with Crippen molar-refractivity contribution < 1.29 is 19.1 Å². The zero-order valence-electron chi connectivity index (χ0n) is 21.6. The standard InChI is InChI=1S/C32H30N2O4/c1-19-7-9-20(10-8-19)24-17-26-29(28(35)18-24)30(21-11-15-23(16-12-21)32(37)38-2)34(31(36)22-13-14-22)27-6-4-3-5-25(27)33-26/h3-12,15-16,22,24,30,33H,13-14,17-18H2,1-2H3/t24-,30-/m0/s1. The van der Waals surface area contributed by atoms with E-state index < -0.39 is 12.0 Å². The van der Waals surface area contributed by atoms with Gasteiger partial charge in [-0.15, -0.1) is 0 Å². The number of ketones is 1. The van der Waals surface area contributed by atoms with E-state index in [0.717, 1.165) is 41.0 Å². The minimum absolute atomic E-state index is 0.0310. The molecule has 0 radical (unpaired) electrons. The van der Waals surface area contributed by atoms with E-state index >= 15 is 0 Å². The van der Waals surface area contributed by atoms with Crippen molar-refractivity contribution in [3.8, 4) is 0 Å². The zero-order valence-corrected chi connectivity index (χ0v) is 21.6. The lowest BCUT2D eigenvalue weighted by Crippen LogP contribution is -2.39. The van der Waals surface area contributed by atoms with Gasteiger partial charge >= 0.3 is 5.97 Å². The average Bonchev–Trinajstić information content (AvgIpc) is 3.79. The van der Waals surface area contributed by atoms with Crippen LogP contribution in [0.3, 0.4) is 0 Å². The fourth-order valence-electron chi connectivity index (χ4n) is 5.67. The van der Waals surface area contributed by atoms with E-state index in [1.165, 1.54) is 12.7 Å². The molecule has 0 spiro atoms.